The molecule has 0 spiro atoms. The van der Waals surface area contributed by atoms with Crippen LogP contribution in [0, 0.1) is 13.8 Å². The fraction of sp³-hybridized carbons (Fsp3) is 0.350. The quantitative estimate of drug-likeness (QED) is 0.748. The van der Waals surface area contributed by atoms with Gasteiger partial charge < -0.3 is 19.5 Å². The highest BCUT2D eigenvalue weighted by Crippen LogP contribution is 2.20. The molecule has 0 bridgehead atoms. The third-order valence-electron chi connectivity index (χ3n) is 3.71. The predicted molar refractivity (Wildman–Crippen MR) is 97.5 cm³/mol. The first-order chi connectivity index (χ1) is 12.0. The fourth-order valence-corrected chi connectivity index (χ4v) is 2.35. The number of carbonyl (C=O) groups is 1. The SMILES string of the molecule is COc1cccc(OCCNC(=O)[C@@H](C)Oc2ccc(C)cc2C)c1. The number of rotatable bonds is 8. The number of aryl methyl sites for hydroxylation is 2. The van der Waals surface area contributed by atoms with Crippen molar-refractivity contribution in [2.75, 3.05) is 20.3 Å². The van der Waals surface area contributed by atoms with E-state index in [9.17, 15) is 4.79 Å². The molecule has 5 heteroatoms. The third-order valence-corrected chi connectivity index (χ3v) is 3.71. The summed E-state index contributed by atoms with van der Waals surface area (Å²) in [7, 11) is 1.61. The van der Waals surface area contributed by atoms with E-state index < -0.39 is 6.10 Å². The van der Waals surface area contributed by atoms with E-state index in [1.807, 2.05) is 50.2 Å². The van der Waals surface area contributed by atoms with E-state index in [-0.39, 0.29) is 5.91 Å². The summed E-state index contributed by atoms with van der Waals surface area (Å²) in [5.74, 6) is 1.99. The lowest BCUT2D eigenvalue weighted by Gasteiger charge is -2.16. The highest BCUT2D eigenvalue weighted by Gasteiger charge is 2.15. The Morgan fingerprint density at radius 3 is 2.60 bits per heavy atom. The van der Waals surface area contributed by atoms with Crippen LogP contribution < -0.4 is 19.5 Å². The molecule has 2 rings (SSSR count). The molecule has 0 saturated heterocycles. The number of benzene rings is 2. The number of methoxy groups -OCH3 is 1. The molecule has 1 amide bonds. The minimum atomic E-state index is -0.571. The van der Waals surface area contributed by atoms with Crippen molar-refractivity contribution in [3.63, 3.8) is 0 Å². The summed E-state index contributed by atoms with van der Waals surface area (Å²) in [6.07, 6.45) is -0.571. The average Bonchev–Trinajstić information content (AvgIpc) is 2.61. The van der Waals surface area contributed by atoms with Gasteiger partial charge in [-0.2, -0.15) is 0 Å². The van der Waals surface area contributed by atoms with Crippen LogP contribution in [0.25, 0.3) is 0 Å². The molecule has 5 nitrogen and oxygen atoms in total. The molecule has 2 aromatic carbocycles. The van der Waals surface area contributed by atoms with Crippen LogP contribution >= 0.6 is 0 Å². The average molecular weight is 343 g/mol. The monoisotopic (exact) mass is 343 g/mol. The zero-order valence-electron chi connectivity index (χ0n) is 15.2. The topological polar surface area (TPSA) is 56.8 Å². The van der Waals surface area contributed by atoms with Crippen molar-refractivity contribution in [1.29, 1.82) is 0 Å². The van der Waals surface area contributed by atoms with Crippen molar-refractivity contribution in [2.24, 2.45) is 0 Å². The molecular formula is C20H25NO4. The number of amides is 1. The molecule has 0 aliphatic heterocycles. The molecule has 0 aliphatic rings. The summed E-state index contributed by atoms with van der Waals surface area (Å²) in [6, 6.07) is 13.2. The van der Waals surface area contributed by atoms with Gasteiger partial charge in [0.2, 0.25) is 0 Å². The molecule has 0 aliphatic carbocycles. The number of hydrogen-bond acceptors (Lipinski definition) is 4. The molecule has 0 radical (unpaired) electrons. The Kier molecular flexibility index (Phi) is 6.69. The van der Waals surface area contributed by atoms with E-state index in [0.717, 1.165) is 22.6 Å². The number of nitrogens with one attached hydrogen (secondary N) is 1. The standard InChI is InChI=1S/C20H25NO4/c1-14-8-9-19(15(2)12-14)25-16(3)20(22)21-10-11-24-18-7-5-6-17(13-18)23-4/h5-9,12-13,16H,10-11H2,1-4H3,(H,21,22)/t16-/m1/s1. The Hall–Kier alpha value is -2.69. The highest BCUT2D eigenvalue weighted by atomic mass is 16.5. The van der Waals surface area contributed by atoms with Gasteiger partial charge in [0.25, 0.3) is 5.91 Å². The number of carbonyl (C=O) groups excluding carboxylic acids is 1. The second kappa shape index (κ2) is 8.97. The van der Waals surface area contributed by atoms with Crippen LogP contribution in [-0.2, 0) is 4.79 Å². The van der Waals surface area contributed by atoms with Gasteiger partial charge in [0, 0.05) is 6.07 Å². The molecule has 25 heavy (non-hydrogen) atoms. The molecule has 0 unspecified atom stereocenters. The zero-order valence-corrected chi connectivity index (χ0v) is 15.2. The maximum atomic E-state index is 12.1. The summed E-state index contributed by atoms with van der Waals surface area (Å²) in [6.45, 7) is 6.49. The fourth-order valence-electron chi connectivity index (χ4n) is 2.35. The smallest absolute Gasteiger partial charge is 0.260 e. The van der Waals surface area contributed by atoms with Gasteiger partial charge in [0.1, 0.15) is 23.9 Å². The Morgan fingerprint density at radius 2 is 1.88 bits per heavy atom. The largest absolute Gasteiger partial charge is 0.497 e. The van der Waals surface area contributed by atoms with Gasteiger partial charge in [-0.25, -0.2) is 0 Å². The van der Waals surface area contributed by atoms with Crippen LogP contribution in [0.3, 0.4) is 0 Å². The van der Waals surface area contributed by atoms with E-state index >= 15 is 0 Å². The first kappa shape index (κ1) is 18.6. The van der Waals surface area contributed by atoms with Gasteiger partial charge in [-0.3, -0.25) is 4.79 Å². The summed E-state index contributed by atoms with van der Waals surface area (Å²) >= 11 is 0. The first-order valence-corrected chi connectivity index (χ1v) is 8.28. The lowest BCUT2D eigenvalue weighted by Crippen LogP contribution is -2.38. The minimum Gasteiger partial charge on any atom is -0.497 e. The third kappa shape index (κ3) is 5.71. The van der Waals surface area contributed by atoms with E-state index in [1.165, 1.54) is 0 Å². The minimum absolute atomic E-state index is 0.172. The predicted octanol–water partition coefficient (Wildman–Crippen LogP) is 3.27. The first-order valence-electron chi connectivity index (χ1n) is 8.28. The molecule has 0 fully saturated rings. The molecule has 1 atom stereocenters. The lowest BCUT2D eigenvalue weighted by molar-refractivity contribution is -0.127. The van der Waals surface area contributed by atoms with Gasteiger partial charge in [0.15, 0.2) is 6.10 Å². The van der Waals surface area contributed by atoms with Gasteiger partial charge >= 0.3 is 0 Å². The van der Waals surface area contributed by atoms with Crippen LogP contribution in [0.5, 0.6) is 17.2 Å². The van der Waals surface area contributed by atoms with Crippen molar-refractivity contribution in [2.45, 2.75) is 26.9 Å². The van der Waals surface area contributed by atoms with Crippen LogP contribution in [0.4, 0.5) is 0 Å². The molecule has 2 aromatic rings. The summed E-state index contributed by atoms with van der Waals surface area (Å²) in [5.41, 5.74) is 2.18. The normalized spacial score (nSPS) is 11.5. The Morgan fingerprint density at radius 1 is 1.12 bits per heavy atom. The van der Waals surface area contributed by atoms with Crippen molar-refractivity contribution >= 4 is 5.91 Å². The summed E-state index contributed by atoms with van der Waals surface area (Å²) in [4.78, 5) is 12.1. The number of ether oxygens (including phenoxy) is 3. The molecule has 0 heterocycles. The molecule has 0 aromatic heterocycles. The second-order valence-corrected chi connectivity index (χ2v) is 5.85. The van der Waals surface area contributed by atoms with E-state index in [4.69, 9.17) is 14.2 Å². The molecular weight excluding hydrogens is 318 g/mol. The van der Waals surface area contributed by atoms with Crippen molar-refractivity contribution in [3.05, 3.63) is 53.6 Å². The van der Waals surface area contributed by atoms with Gasteiger partial charge in [0.05, 0.1) is 13.7 Å². The molecule has 0 saturated carbocycles. The number of hydrogen-bond donors (Lipinski definition) is 1. The van der Waals surface area contributed by atoms with Gasteiger partial charge in [-0.1, -0.05) is 23.8 Å². The maximum absolute atomic E-state index is 12.1. The Bertz CT molecular complexity index is 715. The van der Waals surface area contributed by atoms with E-state index in [1.54, 1.807) is 20.1 Å². The maximum Gasteiger partial charge on any atom is 0.260 e. The molecule has 1 N–H and O–H groups in total. The van der Waals surface area contributed by atoms with Gasteiger partial charge in [-0.15, -0.1) is 0 Å². The van der Waals surface area contributed by atoms with Gasteiger partial charge in [-0.05, 0) is 44.5 Å². The van der Waals surface area contributed by atoms with E-state index in [2.05, 4.69) is 5.32 Å². The summed E-state index contributed by atoms with van der Waals surface area (Å²) in [5, 5.41) is 2.81. The van der Waals surface area contributed by atoms with Crippen LogP contribution in [0.15, 0.2) is 42.5 Å². The van der Waals surface area contributed by atoms with Crippen molar-refractivity contribution in [3.8, 4) is 17.2 Å². The summed E-state index contributed by atoms with van der Waals surface area (Å²) < 4.78 is 16.5. The van der Waals surface area contributed by atoms with Crippen molar-refractivity contribution < 1.29 is 19.0 Å². The highest BCUT2D eigenvalue weighted by molar-refractivity contribution is 5.80. The van der Waals surface area contributed by atoms with Crippen LogP contribution in [0.1, 0.15) is 18.1 Å². The Balaban J connectivity index is 1.75. The molecule has 134 valence electrons. The zero-order chi connectivity index (χ0) is 18.2. The lowest BCUT2D eigenvalue weighted by atomic mass is 10.1. The van der Waals surface area contributed by atoms with E-state index in [0.29, 0.717) is 18.9 Å². The second-order valence-electron chi connectivity index (χ2n) is 5.85. The van der Waals surface area contributed by atoms with Crippen LogP contribution in [-0.4, -0.2) is 32.3 Å². The Labute approximate surface area is 148 Å². The van der Waals surface area contributed by atoms with Crippen LogP contribution in [0.2, 0.25) is 0 Å². The van der Waals surface area contributed by atoms with Crippen molar-refractivity contribution in [1.82, 2.24) is 5.32 Å².